The number of carbonyl (C=O) groups is 1. The number of ether oxygens (including phenoxy) is 2. The van der Waals surface area contributed by atoms with Gasteiger partial charge in [0.15, 0.2) is 5.69 Å². The minimum Gasteiger partial charge on any atom is -0.464 e. The van der Waals surface area contributed by atoms with Gasteiger partial charge in [-0.05, 0) is 31.0 Å². The molecule has 1 atom stereocenters. The van der Waals surface area contributed by atoms with E-state index in [1.165, 1.54) is 7.11 Å². The Kier molecular flexibility index (Phi) is 4.41. The molecule has 0 saturated carbocycles. The quantitative estimate of drug-likeness (QED) is 0.802. The number of hydrogen-bond donors (Lipinski definition) is 0. The van der Waals surface area contributed by atoms with Gasteiger partial charge in [0.05, 0.1) is 18.9 Å². The van der Waals surface area contributed by atoms with Gasteiger partial charge < -0.3 is 9.47 Å². The lowest BCUT2D eigenvalue weighted by Gasteiger charge is -2.14. The number of carbonyl (C=O) groups excluding carboxylic acids is 1. The predicted octanol–water partition coefficient (Wildman–Crippen LogP) is 4.04. The van der Waals surface area contributed by atoms with Crippen molar-refractivity contribution < 1.29 is 14.3 Å². The van der Waals surface area contributed by atoms with Crippen molar-refractivity contribution in [1.29, 1.82) is 0 Å². The van der Waals surface area contributed by atoms with Crippen LogP contribution in [0.2, 0.25) is 5.02 Å². The van der Waals surface area contributed by atoms with Gasteiger partial charge in [0.2, 0.25) is 0 Å². The Hall–Kier alpha value is -1.91. The molecular formula is C17H16ClNO3. The molecule has 3 rings (SSSR count). The minimum absolute atomic E-state index is 0.0880. The van der Waals surface area contributed by atoms with E-state index in [0.717, 1.165) is 24.0 Å². The summed E-state index contributed by atoms with van der Waals surface area (Å²) < 4.78 is 10.5. The highest BCUT2D eigenvalue weighted by Gasteiger charge is 2.25. The topological polar surface area (TPSA) is 48.4 Å². The van der Waals surface area contributed by atoms with Gasteiger partial charge in [-0.25, -0.2) is 9.78 Å². The van der Waals surface area contributed by atoms with Crippen molar-refractivity contribution in [2.24, 2.45) is 0 Å². The zero-order chi connectivity index (χ0) is 15.5. The molecule has 2 aromatic rings. The second-order valence-corrected chi connectivity index (χ2v) is 5.57. The molecule has 0 amide bonds. The molecule has 0 spiro atoms. The number of esters is 1. The summed E-state index contributed by atoms with van der Waals surface area (Å²) in [5.41, 5.74) is 2.64. The molecule has 22 heavy (non-hydrogen) atoms. The summed E-state index contributed by atoms with van der Waals surface area (Å²) in [5.74, 6) is -0.450. The molecule has 4 nitrogen and oxygen atoms in total. The molecule has 1 aliphatic rings. The van der Waals surface area contributed by atoms with E-state index < -0.39 is 5.97 Å². The molecular weight excluding hydrogens is 302 g/mol. The molecule has 114 valence electrons. The van der Waals surface area contributed by atoms with E-state index in [0.29, 0.717) is 23.0 Å². The lowest BCUT2D eigenvalue weighted by molar-refractivity contribution is 0.0580. The van der Waals surface area contributed by atoms with Crippen LogP contribution in [0.15, 0.2) is 36.4 Å². The maximum atomic E-state index is 12.1. The Morgan fingerprint density at radius 1 is 1.36 bits per heavy atom. The van der Waals surface area contributed by atoms with Gasteiger partial charge in [-0.15, -0.1) is 0 Å². The molecule has 0 radical (unpaired) electrons. The van der Waals surface area contributed by atoms with Gasteiger partial charge in [-0.1, -0.05) is 29.8 Å². The molecule has 1 aliphatic heterocycles. The summed E-state index contributed by atoms with van der Waals surface area (Å²) in [6.45, 7) is 0.710. The summed E-state index contributed by atoms with van der Waals surface area (Å²) >= 11 is 6.02. The molecule has 1 saturated heterocycles. The zero-order valence-corrected chi connectivity index (χ0v) is 13.0. The van der Waals surface area contributed by atoms with Crippen LogP contribution in [0.1, 0.15) is 35.0 Å². The second-order valence-electron chi connectivity index (χ2n) is 5.14. The number of methoxy groups -OCH3 is 1. The van der Waals surface area contributed by atoms with Crippen molar-refractivity contribution in [3.05, 3.63) is 52.7 Å². The average molecular weight is 318 g/mol. The summed E-state index contributed by atoms with van der Waals surface area (Å²) in [6, 6.07) is 11.1. The van der Waals surface area contributed by atoms with Gasteiger partial charge in [0, 0.05) is 22.8 Å². The number of aromatic nitrogens is 1. The average Bonchev–Trinajstić information content (AvgIpc) is 3.08. The van der Waals surface area contributed by atoms with Gasteiger partial charge in [0.1, 0.15) is 0 Å². The predicted molar refractivity (Wildman–Crippen MR) is 83.9 cm³/mol. The zero-order valence-electron chi connectivity index (χ0n) is 12.2. The number of hydrogen-bond acceptors (Lipinski definition) is 4. The highest BCUT2D eigenvalue weighted by molar-refractivity contribution is 6.30. The Labute approximate surface area is 134 Å². The fourth-order valence-corrected chi connectivity index (χ4v) is 2.81. The van der Waals surface area contributed by atoms with E-state index in [-0.39, 0.29) is 6.10 Å². The monoisotopic (exact) mass is 317 g/mol. The molecule has 2 heterocycles. The van der Waals surface area contributed by atoms with Gasteiger partial charge in [-0.2, -0.15) is 0 Å². The standard InChI is InChI=1S/C17H16ClNO3/c1-21-17(20)16-13(15-6-3-9-22-15)7-8-14(19-16)11-4-2-5-12(18)10-11/h2,4-5,7-8,10,15H,3,6,9H2,1H3. The Morgan fingerprint density at radius 3 is 2.91 bits per heavy atom. The fourth-order valence-electron chi connectivity index (χ4n) is 2.62. The highest BCUT2D eigenvalue weighted by atomic mass is 35.5. The van der Waals surface area contributed by atoms with Crippen LogP contribution >= 0.6 is 11.6 Å². The Bertz CT molecular complexity index is 696. The van der Waals surface area contributed by atoms with Crippen LogP contribution < -0.4 is 0 Å². The van der Waals surface area contributed by atoms with Gasteiger partial charge in [0.25, 0.3) is 0 Å². The Morgan fingerprint density at radius 2 is 2.23 bits per heavy atom. The number of nitrogens with zero attached hydrogens (tertiary/aromatic N) is 1. The first-order chi connectivity index (χ1) is 10.7. The third kappa shape index (κ3) is 2.98. The molecule has 0 bridgehead atoms. The maximum absolute atomic E-state index is 12.1. The van der Waals surface area contributed by atoms with Gasteiger partial charge >= 0.3 is 5.97 Å². The minimum atomic E-state index is -0.450. The second kappa shape index (κ2) is 6.46. The van der Waals surface area contributed by atoms with Crippen molar-refractivity contribution in [2.45, 2.75) is 18.9 Å². The van der Waals surface area contributed by atoms with E-state index in [1.54, 1.807) is 6.07 Å². The lowest BCUT2D eigenvalue weighted by atomic mass is 10.0. The first-order valence-corrected chi connectivity index (χ1v) is 7.53. The number of pyridine rings is 1. The Balaban J connectivity index is 2.05. The maximum Gasteiger partial charge on any atom is 0.357 e. The number of rotatable bonds is 3. The van der Waals surface area contributed by atoms with Crippen LogP contribution in [0.5, 0.6) is 0 Å². The van der Waals surface area contributed by atoms with E-state index in [4.69, 9.17) is 21.1 Å². The first kappa shape index (κ1) is 15.0. The molecule has 1 aromatic heterocycles. The van der Waals surface area contributed by atoms with E-state index in [1.807, 2.05) is 30.3 Å². The molecule has 1 aromatic carbocycles. The fraction of sp³-hybridized carbons (Fsp3) is 0.294. The summed E-state index contributed by atoms with van der Waals surface area (Å²) in [6.07, 6.45) is 1.79. The molecule has 0 N–H and O–H groups in total. The van der Waals surface area contributed by atoms with E-state index in [2.05, 4.69) is 4.98 Å². The van der Waals surface area contributed by atoms with Crippen LogP contribution in [0.25, 0.3) is 11.3 Å². The van der Waals surface area contributed by atoms with Crippen LogP contribution in [0, 0.1) is 0 Å². The van der Waals surface area contributed by atoms with Crippen LogP contribution in [0.3, 0.4) is 0 Å². The van der Waals surface area contributed by atoms with Crippen molar-refractivity contribution >= 4 is 17.6 Å². The summed E-state index contributed by atoms with van der Waals surface area (Å²) in [5, 5.41) is 0.627. The van der Waals surface area contributed by atoms with Crippen molar-refractivity contribution in [2.75, 3.05) is 13.7 Å². The normalized spacial score (nSPS) is 17.5. The van der Waals surface area contributed by atoms with Crippen LogP contribution in [-0.4, -0.2) is 24.7 Å². The van der Waals surface area contributed by atoms with Crippen LogP contribution in [-0.2, 0) is 9.47 Å². The third-order valence-electron chi connectivity index (χ3n) is 3.70. The van der Waals surface area contributed by atoms with E-state index in [9.17, 15) is 4.79 Å². The van der Waals surface area contributed by atoms with Crippen molar-refractivity contribution in [1.82, 2.24) is 4.98 Å². The highest BCUT2D eigenvalue weighted by Crippen LogP contribution is 2.32. The van der Waals surface area contributed by atoms with Gasteiger partial charge in [-0.3, -0.25) is 0 Å². The first-order valence-electron chi connectivity index (χ1n) is 7.16. The summed E-state index contributed by atoms with van der Waals surface area (Å²) in [4.78, 5) is 16.6. The van der Waals surface area contributed by atoms with Crippen molar-refractivity contribution in [3.63, 3.8) is 0 Å². The molecule has 1 fully saturated rings. The van der Waals surface area contributed by atoms with E-state index >= 15 is 0 Å². The summed E-state index contributed by atoms with van der Waals surface area (Å²) in [7, 11) is 1.36. The smallest absolute Gasteiger partial charge is 0.357 e. The number of halogens is 1. The SMILES string of the molecule is COC(=O)c1nc(-c2cccc(Cl)c2)ccc1C1CCCO1. The lowest BCUT2D eigenvalue weighted by Crippen LogP contribution is -2.12. The molecule has 5 heteroatoms. The molecule has 1 unspecified atom stereocenters. The van der Waals surface area contributed by atoms with Crippen molar-refractivity contribution in [3.8, 4) is 11.3 Å². The number of benzene rings is 1. The molecule has 0 aliphatic carbocycles. The third-order valence-corrected chi connectivity index (χ3v) is 3.94. The van der Waals surface area contributed by atoms with Crippen LogP contribution in [0.4, 0.5) is 0 Å². The largest absolute Gasteiger partial charge is 0.464 e.